The van der Waals surface area contributed by atoms with E-state index in [4.69, 9.17) is 9.47 Å². The summed E-state index contributed by atoms with van der Waals surface area (Å²) in [4.78, 5) is 31.3. The summed E-state index contributed by atoms with van der Waals surface area (Å²) < 4.78 is 24.1. The number of piperazine rings is 1. The second-order valence-corrected chi connectivity index (χ2v) is 9.80. The van der Waals surface area contributed by atoms with Gasteiger partial charge in [0.15, 0.2) is 5.82 Å². The zero-order valence-electron chi connectivity index (χ0n) is 23.3. The number of methoxy groups -OCH3 is 2. The van der Waals surface area contributed by atoms with E-state index in [0.29, 0.717) is 43.4 Å². The van der Waals surface area contributed by atoms with E-state index in [0.717, 1.165) is 16.9 Å². The maximum atomic E-state index is 13.3. The van der Waals surface area contributed by atoms with E-state index in [1.54, 1.807) is 37.3 Å². The number of hydrogen-bond acceptors (Lipinski definition) is 7. The number of hydrogen-bond donors (Lipinski definition) is 1. The molecule has 3 amide bonds. The van der Waals surface area contributed by atoms with E-state index in [1.807, 2.05) is 38.1 Å². The Morgan fingerprint density at radius 3 is 2.30 bits per heavy atom. The van der Waals surface area contributed by atoms with Gasteiger partial charge in [0.2, 0.25) is 5.91 Å². The quantitative estimate of drug-likeness (QED) is 0.435. The number of aromatic nitrogens is 2. The molecule has 10 nitrogen and oxygen atoms in total. The Labute approximate surface area is 233 Å². The molecular formula is C29H35FN6O4. The van der Waals surface area contributed by atoms with Crippen molar-refractivity contribution in [3.05, 3.63) is 66.0 Å². The Hall–Kier alpha value is -4.41. The lowest BCUT2D eigenvalue weighted by molar-refractivity contribution is -0.132. The standard InChI is InChI=1S/C29H35FN6O4/c1-20(2)31-29(38)36(18-21-5-7-22(30)8-6-21)19-28(37)35-15-13-34(14-16-35)27-12-11-25(32-33-27)24-10-9-23(39-3)17-26(24)40-4/h5-12,17,20H,13-16,18-19H2,1-4H3,(H,31,38). The number of benzene rings is 2. The molecule has 0 aliphatic carbocycles. The van der Waals surface area contributed by atoms with Crippen LogP contribution < -0.4 is 19.7 Å². The SMILES string of the molecule is COc1ccc(-c2ccc(N3CCN(C(=O)CN(Cc4ccc(F)cc4)C(=O)NC(C)C)CC3)nn2)c(OC)c1. The summed E-state index contributed by atoms with van der Waals surface area (Å²) >= 11 is 0. The molecule has 0 unspecified atom stereocenters. The minimum atomic E-state index is -0.351. The molecule has 1 aliphatic heterocycles. The van der Waals surface area contributed by atoms with Gasteiger partial charge >= 0.3 is 6.03 Å². The van der Waals surface area contributed by atoms with Gasteiger partial charge in [0.1, 0.15) is 23.9 Å². The van der Waals surface area contributed by atoms with E-state index in [-0.39, 0.29) is 36.9 Å². The van der Waals surface area contributed by atoms with Gasteiger partial charge in [-0.1, -0.05) is 12.1 Å². The minimum absolute atomic E-state index is 0.0753. The fourth-order valence-corrected chi connectivity index (χ4v) is 4.44. The maximum Gasteiger partial charge on any atom is 0.318 e. The summed E-state index contributed by atoms with van der Waals surface area (Å²) in [6.07, 6.45) is 0. The molecule has 0 saturated carbocycles. The van der Waals surface area contributed by atoms with Crippen LogP contribution in [0.4, 0.5) is 15.0 Å². The van der Waals surface area contributed by atoms with Gasteiger partial charge in [0.05, 0.1) is 19.9 Å². The molecule has 2 heterocycles. The van der Waals surface area contributed by atoms with Crippen molar-refractivity contribution in [1.29, 1.82) is 0 Å². The van der Waals surface area contributed by atoms with Gasteiger partial charge in [-0.15, -0.1) is 10.2 Å². The highest BCUT2D eigenvalue weighted by Crippen LogP contribution is 2.32. The number of halogens is 1. The molecule has 1 fully saturated rings. The molecule has 1 aromatic heterocycles. The van der Waals surface area contributed by atoms with E-state index >= 15 is 0 Å². The molecular weight excluding hydrogens is 515 g/mol. The normalized spacial score (nSPS) is 13.2. The summed E-state index contributed by atoms with van der Waals surface area (Å²) in [7, 11) is 3.20. The van der Waals surface area contributed by atoms with Crippen molar-refractivity contribution in [2.24, 2.45) is 0 Å². The average molecular weight is 551 g/mol. The van der Waals surface area contributed by atoms with Crippen LogP contribution in [0.1, 0.15) is 19.4 Å². The number of nitrogens with one attached hydrogen (secondary N) is 1. The van der Waals surface area contributed by atoms with Crippen molar-refractivity contribution in [1.82, 2.24) is 25.3 Å². The largest absolute Gasteiger partial charge is 0.497 e. The van der Waals surface area contributed by atoms with Gasteiger partial charge in [-0.3, -0.25) is 4.79 Å². The van der Waals surface area contributed by atoms with E-state index < -0.39 is 0 Å². The van der Waals surface area contributed by atoms with Crippen molar-refractivity contribution in [3.8, 4) is 22.8 Å². The van der Waals surface area contributed by atoms with Crippen LogP contribution in [0, 0.1) is 5.82 Å². The van der Waals surface area contributed by atoms with Crippen LogP contribution in [0.5, 0.6) is 11.5 Å². The molecule has 0 spiro atoms. The third-order valence-corrected chi connectivity index (χ3v) is 6.60. The first-order valence-electron chi connectivity index (χ1n) is 13.2. The summed E-state index contributed by atoms with van der Waals surface area (Å²) in [5, 5.41) is 11.7. The molecule has 212 valence electrons. The molecule has 0 atom stereocenters. The summed E-state index contributed by atoms with van der Waals surface area (Å²) in [6, 6.07) is 14.8. The number of nitrogens with zero attached hydrogens (tertiary/aromatic N) is 5. The Bertz CT molecular complexity index is 1290. The first-order valence-corrected chi connectivity index (χ1v) is 13.2. The summed E-state index contributed by atoms with van der Waals surface area (Å²) in [5.41, 5.74) is 2.23. The molecule has 0 radical (unpaired) electrons. The lowest BCUT2D eigenvalue weighted by Crippen LogP contribution is -2.53. The number of ether oxygens (including phenoxy) is 2. The van der Waals surface area contributed by atoms with Crippen LogP contribution in [-0.4, -0.2) is 84.9 Å². The first kappa shape index (κ1) is 28.6. The molecule has 4 rings (SSSR count). The Balaban J connectivity index is 1.36. The predicted octanol–water partition coefficient (Wildman–Crippen LogP) is 3.57. The van der Waals surface area contributed by atoms with Gasteiger partial charge in [-0.25, -0.2) is 9.18 Å². The highest BCUT2D eigenvalue weighted by molar-refractivity contribution is 5.84. The Kier molecular flexibility index (Phi) is 9.36. The molecule has 1 saturated heterocycles. The fourth-order valence-electron chi connectivity index (χ4n) is 4.44. The van der Waals surface area contributed by atoms with Crippen LogP contribution >= 0.6 is 0 Å². The Morgan fingerprint density at radius 1 is 0.975 bits per heavy atom. The molecule has 1 aliphatic rings. The first-order chi connectivity index (χ1) is 19.3. The second-order valence-electron chi connectivity index (χ2n) is 9.80. The molecule has 40 heavy (non-hydrogen) atoms. The van der Waals surface area contributed by atoms with Crippen LogP contribution in [0.25, 0.3) is 11.3 Å². The molecule has 1 N–H and O–H groups in total. The minimum Gasteiger partial charge on any atom is -0.497 e. The van der Waals surface area contributed by atoms with E-state index in [2.05, 4.69) is 20.4 Å². The lowest BCUT2D eigenvalue weighted by atomic mass is 10.1. The smallest absolute Gasteiger partial charge is 0.318 e. The molecule has 2 aromatic carbocycles. The third-order valence-electron chi connectivity index (χ3n) is 6.60. The van der Waals surface area contributed by atoms with Crippen LogP contribution in [0.15, 0.2) is 54.6 Å². The number of rotatable bonds is 9. The van der Waals surface area contributed by atoms with Gasteiger partial charge in [-0.2, -0.15) is 0 Å². The van der Waals surface area contributed by atoms with Crippen molar-refractivity contribution in [2.75, 3.05) is 51.8 Å². The van der Waals surface area contributed by atoms with Crippen LogP contribution in [-0.2, 0) is 11.3 Å². The van der Waals surface area contributed by atoms with Crippen molar-refractivity contribution < 1.29 is 23.5 Å². The zero-order chi connectivity index (χ0) is 28.6. The highest BCUT2D eigenvalue weighted by atomic mass is 19.1. The van der Waals surface area contributed by atoms with Crippen molar-refractivity contribution in [3.63, 3.8) is 0 Å². The summed E-state index contributed by atoms with van der Waals surface area (Å²) in [5.74, 6) is 1.56. The van der Waals surface area contributed by atoms with Gasteiger partial charge < -0.3 is 29.5 Å². The number of amides is 3. The van der Waals surface area contributed by atoms with E-state index in [1.165, 1.54) is 17.0 Å². The summed E-state index contributed by atoms with van der Waals surface area (Å²) in [6.45, 7) is 5.99. The lowest BCUT2D eigenvalue weighted by Gasteiger charge is -2.36. The molecule has 0 bridgehead atoms. The maximum absolute atomic E-state index is 13.3. The number of carbonyl (C=O) groups is 2. The average Bonchev–Trinajstić information content (AvgIpc) is 2.97. The van der Waals surface area contributed by atoms with Gasteiger partial charge in [-0.05, 0) is 55.8 Å². The van der Waals surface area contributed by atoms with Crippen molar-refractivity contribution >= 4 is 17.8 Å². The van der Waals surface area contributed by atoms with Gasteiger partial charge in [0.25, 0.3) is 0 Å². The topological polar surface area (TPSA) is 100 Å². The van der Waals surface area contributed by atoms with Crippen LogP contribution in [0.3, 0.4) is 0 Å². The predicted molar refractivity (Wildman–Crippen MR) is 150 cm³/mol. The Morgan fingerprint density at radius 2 is 1.70 bits per heavy atom. The number of urea groups is 1. The molecule has 3 aromatic rings. The number of carbonyl (C=O) groups excluding carboxylic acids is 2. The van der Waals surface area contributed by atoms with Crippen molar-refractivity contribution in [2.45, 2.75) is 26.4 Å². The van der Waals surface area contributed by atoms with E-state index in [9.17, 15) is 14.0 Å². The molecule has 11 heteroatoms. The third kappa shape index (κ3) is 7.16. The monoisotopic (exact) mass is 550 g/mol. The number of anilines is 1. The van der Waals surface area contributed by atoms with Crippen LogP contribution in [0.2, 0.25) is 0 Å². The zero-order valence-corrected chi connectivity index (χ0v) is 23.3. The van der Waals surface area contributed by atoms with Gasteiger partial charge in [0, 0.05) is 50.4 Å². The fraction of sp³-hybridized carbons (Fsp3) is 0.379. The highest BCUT2D eigenvalue weighted by Gasteiger charge is 2.26. The second kappa shape index (κ2) is 13.1.